The molecule has 0 saturated heterocycles. The highest BCUT2D eigenvalue weighted by molar-refractivity contribution is 6.08. The molecular weight excluding hydrogens is 121 g/mol. The average Bonchev–Trinajstić information content (AvgIpc) is 1.57. The maximum absolute atomic E-state index is 11.4. The molecule has 0 spiro atoms. The van der Waals surface area contributed by atoms with Gasteiger partial charge in [-0.15, -0.1) is 0 Å². The van der Waals surface area contributed by atoms with Crippen LogP contribution in [0.15, 0.2) is 0 Å². The predicted molar refractivity (Wildman–Crippen MR) is 25.4 cm³/mol. The first-order valence-corrected chi connectivity index (χ1v) is 2.48. The smallest absolute Gasteiger partial charge is 0.171 e. The lowest BCUT2D eigenvalue weighted by Gasteiger charge is -2.00. The monoisotopic (exact) mass is 131 g/mol. The normalized spacial score (nSPS) is 20.1. The summed E-state index contributed by atoms with van der Waals surface area (Å²) >= 11 is 0. The number of halogens is 3. The molecule has 0 heterocycles. The molecule has 0 aliphatic rings. The van der Waals surface area contributed by atoms with Crippen LogP contribution in [0, 0.1) is 0 Å². The third kappa shape index (κ3) is 6.01. The van der Waals surface area contributed by atoms with Crippen LogP contribution in [0.2, 0.25) is 6.04 Å². The summed E-state index contributed by atoms with van der Waals surface area (Å²) in [5, 5.41) is 0. The Morgan fingerprint density at radius 1 is 1.57 bits per heavy atom. The minimum absolute atomic E-state index is 0.656. The standard InChI is InChI=1S/C3H7F3Si/c4-3(5,6)1-2-7/h1-2H2,7H3/i7D3. The summed E-state index contributed by atoms with van der Waals surface area (Å²) in [7, 11) is -3.74. The van der Waals surface area contributed by atoms with Gasteiger partial charge >= 0.3 is 6.18 Å². The van der Waals surface area contributed by atoms with Crippen molar-refractivity contribution in [2.45, 2.75) is 18.6 Å². The summed E-state index contributed by atoms with van der Waals surface area (Å²) in [6.07, 6.45) is -5.49. The van der Waals surface area contributed by atoms with E-state index in [1.165, 1.54) is 0 Å². The first-order valence-electron chi connectivity index (χ1n) is 3.27. The van der Waals surface area contributed by atoms with Crippen LogP contribution in [-0.2, 0) is 0 Å². The summed E-state index contributed by atoms with van der Waals surface area (Å²) in [5.41, 5.74) is 0. The van der Waals surface area contributed by atoms with Crippen LogP contribution in [0.1, 0.15) is 6.42 Å². The fourth-order valence-electron chi connectivity index (χ4n) is 0.142. The van der Waals surface area contributed by atoms with Crippen molar-refractivity contribution >= 4 is 10.0 Å². The molecule has 0 fully saturated rings. The van der Waals surface area contributed by atoms with E-state index in [1.807, 2.05) is 0 Å². The Kier molecular flexibility index (Phi) is 1.05. The van der Waals surface area contributed by atoms with E-state index in [2.05, 4.69) is 0 Å². The van der Waals surface area contributed by atoms with Crippen molar-refractivity contribution in [3.63, 3.8) is 0 Å². The molecule has 7 heavy (non-hydrogen) atoms. The SMILES string of the molecule is [2H][Si]([2H])([2H])CCC(F)(F)F. The molecule has 0 unspecified atom stereocenters. The van der Waals surface area contributed by atoms with Crippen LogP contribution in [0.5, 0.6) is 0 Å². The third-order valence-electron chi connectivity index (χ3n) is 0.408. The van der Waals surface area contributed by atoms with E-state index in [0.29, 0.717) is 0 Å². The van der Waals surface area contributed by atoms with Gasteiger partial charge in [0.15, 0.2) is 0 Å². The molecule has 0 N–H and O–H groups in total. The Morgan fingerprint density at radius 3 is 2.29 bits per heavy atom. The van der Waals surface area contributed by atoms with Crippen molar-refractivity contribution in [1.82, 2.24) is 0 Å². The largest absolute Gasteiger partial charge is 0.388 e. The van der Waals surface area contributed by atoms with Crippen molar-refractivity contribution in [3.05, 3.63) is 0 Å². The quantitative estimate of drug-likeness (QED) is 0.484. The zero-order chi connectivity index (χ0) is 8.41. The first kappa shape index (κ1) is 3.12. The van der Waals surface area contributed by atoms with Crippen molar-refractivity contribution < 1.29 is 13.2 Å². The topological polar surface area (TPSA) is 0 Å². The fourth-order valence-corrected chi connectivity index (χ4v) is 0.425. The maximum Gasteiger partial charge on any atom is 0.388 e. The average molecular weight is 131 g/mol. The van der Waals surface area contributed by atoms with Gasteiger partial charge in [0.05, 0.1) is 0 Å². The highest BCUT2D eigenvalue weighted by Gasteiger charge is 2.24. The summed E-state index contributed by atoms with van der Waals surface area (Å²) in [6.45, 7) is 0. The molecule has 0 aliphatic carbocycles. The molecule has 0 radical (unpaired) electrons. The molecule has 0 atom stereocenters. The summed E-state index contributed by atoms with van der Waals surface area (Å²) in [4.78, 5) is 0. The molecule has 0 bridgehead atoms. The first-order chi connectivity index (χ1) is 4.21. The highest BCUT2D eigenvalue weighted by atomic mass is 28.1. The maximum atomic E-state index is 11.4. The Labute approximate surface area is 46.8 Å². The lowest BCUT2D eigenvalue weighted by atomic mass is 10.5. The van der Waals surface area contributed by atoms with Gasteiger partial charge in [-0.3, -0.25) is 0 Å². The lowest BCUT2D eigenvalue weighted by molar-refractivity contribution is -0.130. The van der Waals surface area contributed by atoms with Crippen LogP contribution in [0.3, 0.4) is 0 Å². The van der Waals surface area contributed by atoms with Gasteiger partial charge in [0, 0.05) is 20.2 Å². The van der Waals surface area contributed by atoms with E-state index < -0.39 is 28.7 Å². The Balaban J connectivity index is 3.56. The van der Waals surface area contributed by atoms with E-state index >= 15 is 0 Å². The van der Waals surface area contributed by atoms with E-state index in [1.54, 1.807) is 0 Å². The summed E-state index contributed by atoms with van der Waals surface area (Å²) in [6, 6.07) is -0.656. The van der Waals surface area contributed by atoms with Gasteiger partial charge in [0.1, 0.15) is 0 Å². The Bertz CT molecular complexity index is 92.5. The number of hydrogen-bond acceptors (Lipinski definition) is 0. The number of alkyl halides is 3. The summed E-state index contributed by atoms with van der Waals surface area (Å²) < 4.78 is 53.8. The van der Waals surface area contributed by atoms with E-state index in [0.717, 1.165) is 0 Å². The van der Waals surface area contributed by atoms with Gasteiger partial charge in [-0.05, 0) is 0 Å². The van der Waals surface area contributed by atoms with Gasteiger partial charge in [0.2, 0.25) is 0 Å². The molecule has 0 aromatic rings. The molecule has 0 amide bonds. The minimum Gasteiger partial charge on any atom is -0.171 e. The lowest BCUT2D eigenvalue weighted by Crippen LogP contribution is -2.05. The minimum atomic E-state index is -4.32. The molecule has 0 saturated carbocycles. The number of hydrogen-bond donors (Lipinski definition) is 0. The van der Waals surface area contributed by atoms with Gasteiger partial charge in [-0.1, -0.05) is 6.04 Å². The second-order valence-corrected chi connectivity index (χ2v) is 1.62. The van der Waals surface area contributed by atoms with Crippen LogP contribution in [0.4, 0.5) is 13.2 Å². The Morgan fingerprint density at radius 2 is 2.14 bits per heavy atom. The van der Waals surface area contributed by atoms with Crippen LogP contribution < -0.4 is 0 Å². The predicted octanol–water partition coefficient (Wildman–Crippen LogP) is 0.722. The second kappa shape index (κ2) is 2.35. The van der Waals surface area contributed by atoms with Crippen molar-refractivity contribution in [2.24, 2.45) is 0 Å². The molecule has 44 valence electrons. The molecule has 0 nitrogen and oxygen atoms in total. The highest BCUT2D eigenvalue weighted by Crippen LogP contribution is 2.20. The molecule has 0 rings (SSSR count). The zero-order valence-corrected chi connectivity index (χ0v) is 4.55. The molecule has 0 aliphatic heterocycles. The fraction of sp³-hybridized carbons (Fsp3) is 1.00. The molecular formula is C3H7F3Si. The third-order valence-corrected chi connectivity index (χ3v) is 0.658. The van der Waals surface area contributed by atoms with Gasteiger partial charge in [-0.25, -0.2) is 0 Å². The van der Waals surface area contributed by atoms with Crippen LogP contribution in [0.25, 0.3) is 0 Å². The van der Waals surface area contributed by atoms with Gasteiger partial charge in [-0.2, -0.15) is 13.2 Å². The molecule has 0 aromatic carbocycles. The van der Waals surface area contributed by atoms with Crippen LogP contribution >= 0.6 is 0 Å². The van der Waals surface area contributed by atoms with E-state index in [9.17, 15) is 13.2 Å². The van der Waals surface area contributed by atoms with Crippen molar-refractivity contribution in [3.8, 4) is 0 Å². The molecule has 4 heteroatoms. The van der Waals surface area contributed by atoms with Gasteiger partial charge < -0.3 is 0 Å². The van der Waals surface area contributed by atoms with E-state index in [4.69, 9.17) is 3.70 Å². The van der Waals surface area contributed by atoms with Crippen molar-refractivity contribution in [2.75, 3.05) is 0 Å². The number of rotatable bonds is 2. The van der Waals surface area contributed by atoms with Crippen LogP contribution in [-0.4, -0.2) is 19.9 Å². The zero-order valence-electron chi connectivity index (χ0n) is 6.55. The van der Waals surface area contributed by atoms with E-state index in [-0.39, 0.29) is 0 Å². The second-order valence-electron chi connectivity index (χ2n) is 1.12. The Hall–Kier alpha value is 0.00688. The summed E-state index contributed by atoms with van der Waals surface area (Å²) in [5.74, 6) is 0. The molecule has 0 aromatic heterocycles. The van der Waals surface area contributed by atoms with Gasteiger partial charge in [0.25, 0.3) is 0 Å². The van der Waals surface area contributed by atoms with Crippen molar-refractivity contribution in [1.29, 1.82) is 3.70 Å².